The average molecular weight is 303 g/mol. The molecule has 0 aliphatic rings. The number of aliphatic hydroxyl groups is 2. The Hall–Kier alpha value is -1.25. The van der Waals surface area contributed by atoms with Crippen molar-refractivity contribution in [3.8, 4) is 0 Å². The highest BCUT2D eigenvalue weighted by atomic mass is 79.9. The lowest BCUT2D eigenvalue weighted by Crippen LogP contribution is -2.20. The van der Waals surface area contributed by atoms with E-state index in [1.807, 2.05) is 0 Å². The van der Waals surface area contributed by atoms with E-state index in [0.717, 1.165) is 0 Å². The summed E-state index contributed by atoms with van der Waals surface area (Å²) in [4.78, 5) is 17.8. The molecule has 0 aromatic carbocycles. The third-order valence-corrected chi connectivity index (χ3v) is 2.91. The minimum Gasteiger partial charge on any atom is -0.390 e. The Bertz CT molecular complexity index is 567. The van der Waals surface area contributed by atoms with Crippen molar-refractivity contribution in [1.82, 2.24) is 20.2 Å². The number of alkyl halides is 1. The van der Waals surface area contributed by atoms with E-state index in [0.29, 0.717) is 11.8 Å². The number of nitrogens with one attached hydrogen (secondary N) is 2. The molecule has 0 fully saturated rings. The zero-order chi connectivity index (χ0) is 12.4. The lowest BCUT2D eigenvalue weighted by molar-refractivity contribution is 0.0156. The van der Waals surface area contributed by atoms with Gasteiger partial charge in [0.25, 0.3) is 5.56 Å². The van der Waals surface area contributed by atoms with Crippen molar-refractivity contribution in [3.05, 3.63) is 22.4 Å². The van der Waals surface area contributed by atoms with Gasteiger partial charge in [-0.2, -0.15) is 5.10 Å². The van der Waals surface area contributed by atoms with Crippen LogP contribution in [-0.4, -0.2) is 41.8 Å². The number of hydrogen-bond acceptors (Lipinski definition) is 5. The first kappa shape index (κ1) is 12.2. The minimum absolute atomic E-state index is 0.175. The Labute approximate surface area is 104 Å². The molecule has 2 heterocycles. The van der Waals surface area contributed by atoms with Crippen LogP contribution in [-0.2, 0) is 0 Å². The second kappa shape index (κ2) is 4.94. The van der Waals surface area contributed by atoms with Gasteiger partial charge in [-0.1, -0.05) is 15.9 Å². The number of hydrogen-bond donors (Lipinski definition) is 4. The van der Waals surface area contributed by atoms with Crippen LogP contribution >= 0.6 is 15.9 Å². The summed E-state index contributed by atoms with van der Waals surface area (Å²) in [5.74, 6) is 0. The molecule has 7 nitrogen and oxygen atoms in total. The van der Waals surface area contributed by atoms with Crippen LogP contribution in [0.4, 0.5) is 0 Å². The zero-order valence-corrected chi connectivity index (χ0v) is 10.3. The fourth-order valence-corrected chi connectivity index (χ4v) is 2.03. The van der Waals surface area contributed by atoms with Crippen LogP contribution in [0.25, 0.3) is 11.0 Å². The van der Waals surface area contributed by atoms with Crippen LogP contribution in [0.1, 0.15) is 18.2 Å². The van der Waals surface area contributed by atoms with Crippen LogP contribution in [0.5, 0.6) is 0 Å². The van der Waals surface area contributed by atoms with Gasteiger partial charge >= 0.3 is 0 Å². The maximum absolute atomic E-state index is 11.6. The lowest BCUT2D eigenvalue weighted by Gasteiger charge is -2.15. The molecule has 2 rings (SSSR count). The summed E-state index contributed by atoms with van der Waals surface area (Å²) in [5.41, 5.74) is 0.000449. The molecule has 4 N–H and O–H groups in total. The van der Waals surface area contributed by atoms with Gasteiger partial charge in [0, 0.05) is 5.33 Å². The van der Waals surface area contributed by atoms with Crippen molar-refractivity contribution >= 4 is 27.0 Å². The van der Waals surface area contributed by atoms with Gasteiger partial charge < -0.3 is 15.2 Å². The average Bonchev–Trinajstić information content (AvgIpc) is 2.73. The van der Waals surface area contributed by atoms with E-state index in [2.05, 4.69) is 36.1 Å². The van der Waals surface area contributed by atoms with Gasteiger partial charge in [0.15, 0.2) is 5.65 Å². The van der Waals surface area contributed by atoms with Gasteiger partial charge in [0.1, 0.15) is 11.5 Å². The molecule has 0 amide bonds. The van der Waals surface area contributed by atoms with Gasteiger partial charge in [0.2, 0.25) is 0 Å². The van der Waals surface area contributed by atoms with Crippen LogP contribution in [0, 0.1) is 0 Å². The molecule has 0 radical (unpaired) electrons. The highest BCUT2D eigenvalue weighted by Crippen LogP contribution is 2.21. The van der Waals surface area contributed by atoms with Crippen molar-refractivity contribution in [3.63, 3.8) is 0 Å². The molecule has 0 saturated heterocycles. The molecular formula is C9H11BrN4O3. The summed E-state index contributed by atoms with van der Waals surface area (Å²) < 4.78 is 0. The predicted octanol–water partition coefficient (Wildman–Crippen LogP) is -0.175. The van der Waals surface area contributed by atoms with Crippen molar-refractivity contribution in [2.24, 2.45) is 0 Å². The Kier molecular flexibility index (Phi) is 3.55. The first-order valence-corrected chi connectivity index (χ1v) is 6.11. The van der Waals surface area contributed by atoms with Gasteiger partial charge in [-0.25, -0.2) is 4.98 Å². The van der Waals surface area contributed by atoms with E-state index >= 15 is 0 Å². The van der Waals surface area contributed by atoms with Crippen LogP contribution in [0.2, 0.25) is 0 Å². The van der Waals surface area contributed by atoms with E-state index in [9.17, 15) is 15.0 Å². The van der Waals surface area contributed by atoms with E-state index in [4.69, 9.17) is 0 Å². The number of aliphatic hydroxyl groups excluding tert-OH is 2. The fraction of sp³-hybridized carbons (Fsp3) is 0.444. The third kappa shape index (κ3) is 2.24. The Morgan fingerprint density at radius 2 is 2.24 bits per heavy atom. The van der Waals surface area contributed by atoms with Crippen LogP contribution < -0.4 is 5.56 Å². The summed E-state index contributed by atoms with van der Waals surface area (Å²) >= 11 is 3.17. The SMILES string of the molecule is O=c1[nH]cnc2n[nH]c(C(O)C(O)CCBr)c12. The third-order valence-electron chi connectivity index (χ3n) is 2.45. The molecule has 2 atom stereocenters. The first-order valence-electron chi connectivity index (χ1n) is 4.99. The lowest BCUT2D eigenvalue weighted by atomic mass is 10.1. The summed E-state index contributed by atoms with van der Waals surface area (Å²) in [6, 6.07) is 0. The summed E-state index contributed by atoms with van der Waals surface area (Å²) in [6.07, 6.45) is -0.573. The number of rotatable bonds is 4. The van der Waals surface area contributed by atoms with Crippen molar-refractivity contribution in [2.75, 3.05) is 5.33 Å². The fourth-order valence-electron chi connectivity index (χ4n) is 1.56. The van der Waals surface area contributed by atoms with E-state index in [-0.39, 0.29) is 16.7 Å². The first-order chi connectivity index (χ1) is 8.15. The van der Waals surface area contributed by atoms with Gasteiger partial charge in [0.05, 0.1) is 18.1 Å². The van der Waals surface area contributed by atoms with Crippen molar-refractivity contribution in [2.45, 2.75) is 18.6 Å². The van der Waals surface area contributed by atoms with Gasteiger partial charge in [-0.15, -0.1) is 0 Å². The number of fused-ring (bicyclic) bond motifs is 1. The molecule has 0 spiro atoms. The predicted molar refractivity (Wildman–Crippen MR) is 63.9 cm³/mol. The van der Waals surface area contributed by atoms with Crippen LogP contribution in [0.3, 0.4) is 0 Å². The maximum Gasteiger partial charge on any atom is 0.262 e. The van der Waals surface area contributed by atoms with Gasteiger partial charge in [-0.3, -0.25) is 9.89 Å². The molecule has 8 heteroatoms. The van der Waals surface area contributed by atoms with E-state index in [1.165, 1.54) is 6.33 Å². The normalized spacial score (nSPS) is 15.0. The Morgan fingerprint density at radius 3 is 2.94 bits per heavy atom. The van der Waals surface area contributed by atoms with Crippen molar-refractivity contribution < 1.29 is 10.2 Å². The molecular weight excluding hydrogens is 292 g/mol. The highest BCUT2D eigenvalue weighted by molar-refractivity contribution is 9.09. The molecule has 0 saturated carbocycles. The van der Waals surface area contributed by atoms with Crippen LogP contribution in [0.15, 0.2) is 11.1 Å². The Morgan fingerprint density at radius 1 is 1.47 bits per heavy atom. The molecule has 0 aliphatic heterocycles. The largest absolute Gasteiger partial charge is 0.390 e. The number of halogens is 1. The highest BCUT2D eigenvalue weighted by Gasteiger charge is 2.23. The zero-order valence-electron chi connectivity index (χ0n) is 8.72. The molecule has 2 aromatic rings. The standard InChI is InChI=1S/C9H11BrN4O3/c10-2-1-4(15)7(16)6-5-8(14-13-6)11-3-12-9(5)17/h3-4,7,15-16H,1-2H2,(H2,11,12,13,14,17). The maximum atomic E-state index is 11.6. The topological polar surface area (TPSA) is 115 Å². The van der Waals surface area contributed by atoms with E-state index in [1.54, 1.807) is 0 Å². The monoisotopic (exact) mass is 302 g/mol. The molecule has 92 valence electrons. The quantitative estimate of drug-likeness (QED) is 0.585. The second-order valence-corrected chi connectivity index (χ2v) is 4.35. The molecule has 0 aliphatic carbocycles. The second-order valence-electron chi connectivity index (χ2n) is 3.56. The van der Waals surface area contributed by atoms with Gasteiger partial charge in [-0.05, 0) is 6.42 Å². The number of nitrogens with zero attached hydrogens (tertiary/aromatic N) is 2. The molecule has 2 aromatic heterocycles. The molecule has 2 unspecified atom stereocenters. The number of aromatic nitrogens is 4. The van der Waals surface area contributed by atoms with E-state index < -0.39 is 17.8 Å². The summed E-state index contributed by atoms with van der Waals surface area (Å²) in [6.45, 7) is 0. The smallest absolute Gasteiger partial charge is 0.262 e. The summed E-state index contributed by atoms with van der Waals surface area (Å²) in [5, 5.41) is 26.7. The number of H-pyrrole nitrogens is 2. The Balaban J connectivity index is 2.45. The van der Waals surface area contributed by atoms with Crippen molar-refractivity contribution in [1.29, 1.82) is 0 Å². The molecule has 17 heavy (non-hydrogen) atoms. The minimum atomic E-state index is -1.19. The summed E-state index contributed by atoms with van der Waals surface area (Å²) in [7, 11) is 0. The molecule has 0 bridgehead atoms. The number of aromatic amines is 2.